The Morgan fingerprint density at radius 1 is 1.17 bits per heavy atom. The van der Waals surface area contributed by atoms with Crippen LogP contribution in [-0.4, -0.2) is 26.4 Å². The number of amides is 1. The first kappa shape index (κ1) is 19.9. The van der Waals surface area contributed by atoms with E-state index in [2.05, 4.69) is 15.5 Å². The molecule has 1 N–H and O–H groups in total. The summed E-state index contributed by atoms with van der Waals surface area (Å²) in [7, 11) is 0. The molecule has 0 fully saturated rings. The van der Waals surface area contributed by atoms with Crippen LogP contribution in [0.25, 0.3) is 10.9 Å². The van der Waals surface area contributed by atoms with Crippen LogP contribution in [-0.2, 0) is 4.79 Å². The molecule has 0 bridgehead atoms. The smallest absolute Gasteiger partial charge is 0.262 e. The van der Waals surface area contributed by atoms with E-state index in [4.69, 9.17) is 4.52 Å². The average Bonchev–Trinajstić information content (AvgIpc) is 3.17. The first-order chi connectivity index (χ1) is 14.5. The molecule has 152 valence electrons. The lowest BCUT2D eigenvalue weighted by atomic mass is 10.1. The number of para-hydroxylation sites is 1. The lowest BCUT2D eigenvalue weighted by Gasteiger charge is -2.19. The van der Waals surface area contributed by atoms with E-state index in [1.165, 1.54) is 11.8 Å². The number of aromatic nitrogens is 3. The molecule has 0 aliphatic heterocycles. The third-order valence-electron chi connectivity index (χ3n) is 4.67. The predicted octanol–water partition coefficient (Wildman–Crippen LogP) is 4.03. The number of hydrogen-bond donors (Lipinski definition) is 1. The Kier molecular flexibility index (Phi) is 5.67. The van der Waals surface area contributed by atoms with Gasteiger partial charge in [0, 0.05) is 6.07 Å². The Balaban J connectivity index is 1.67. The minimum atomic E-state index is -0.266. The van der Waals surface area contributed by atoms with Crippen molar-refractivity contribution in [2.24, 2.45) is 0 Å². The maximum Gasteiger partial charge on any atom is 0.262 e. The van der Waals surface area contributed by atoms with Gasteiger partial charge in [0.05, 0.1) is 28.4 Å². The van der Waals surface area contributed by atoms with Crippen molar-refractivity contribution in [2.45, 2.75) is 25.0 Å². The number of benzene rings is 2. The van der Waals surface area contributed by atoms with Gasteiger partial charge in [-0.05, 0) is 31.5 Å². The lowest BCUT2D eigenvalue weighted by molar-refractivity contribution is -0.113. The molecule has 0 aliphatic carbocycles. The van der Waals surface area contributed by atoms with Gasteiger partial charge in [-0.15, -0.1) is 0 Å². The summed E-state index contributed by atoms with van der Waals surface area (Å²) >= 11 is 1.21. The Bertz CT molecular complexity index is 1250. The molecule has 7 nitrogen and oxygen atoms in total. The molecule has 2 aromatic carbocycles. The maximum absolute atomic E-state index is 13.3. The molecule has 30 heavy (non-hydrogen) atoms. The molecule has 0 saturated heterocycles. The number of hydrogen-bond acceptors (Lipinski definition) is 6. The molecular weight excluding hydrogens is 400 g/mol. The zero-order valence-corrected chi connectivity index (χ0v) is 17.3. The van der Waals surface area contributed by atoms with E-state index in [1.807, 2.05) is 49.4 Å². The molecule has 2 heterocycles. The van der Waals surface area contributed by atoms with Crippen molar-refractivity contribution in [3.05, 3.63) is 82.3 Å². The molecule has 2 aromatic heterocycles. The summed E-state index contributed by atoms with van der Waals surface area (Å²) in [4.78, 5) is 30.3. The zero-order valence-electron chi connectivity index (χ0n) is 16.5. The Hall–Kier alpha value is -3.39. The number of carbonyl (C=O) groups excluding carboxylic acids is 1. The van der Waals surface area contributed by atoms with Crippen molar-refractivity contribution in [3.8, 4) is 0 Å². The van der Waals surface area contributed by atoms with Gasteiger partial charge in [0.2, 0.25) is 11.8 Å². The molecule has 0 spiro atoms. The highest BCUT2D eigenvalue weighted by atomic mass is 32.2. The number of anilines is 1. The summed E-state index contributed by atoms with van der Waals surface area (Å²) in [6, 6.07) is 18.4. The van der Waals surface area contributed by atoms with Crippen molar-refractivity contribution in [1.82, 2.24) is 14.7 Å². The summed E-state index contributed by atoms with van der Waals surface area (Å²) in [5.74, 6) is 0.101. The summed E-state index contributed by atoms with van der Waals surface area (Å²) in [6.07, 6.45) is 0. The van der Waals surface area contributed by atoms with Crippen LogP contribution < -0.4 is 10.9 Å². The van der Waals surface area contributed by atoms with Crippen molar-refractivity contribution in [3.63, 3.8) is 0 Å². The highest BCUT2D eigenvalue weighted by Crippen LogP contribution is 2.25. The van der Waals surface area contributed by atoms with Crippen molar-refractivity contribution >= 4 is 34.5 Å². The lowest BCUT2D eigenvalue weighted by Crippen LogP contribution is -2.27. The fourth-order valence-corrected chi connectivity index (χ4v) is 4.05. The normalized spacial score (nSPS) is 12.1. The summed E-state index contributed by atoms with van der Waals surface area (Å²) in [5.41, 5.74) is 2.14. The molecule has 4 aromatic rings. The molecule has 0 aliphatic rings. The average molecular weight is 420 g/mol. The SMILES string of the molecule is Cc1cc(NC(=O)CSc2nc3ccccc3c(=O)n2C(C)c2ccccc2)on1. The van der Waals surface area contributed by atoms with Crippen LogP contribution >= 0.6 is 11.8 Å². The molecule has 8 heteroatoms. The van der Waals surface area contributed by atoms with Gasteiger partial charge in [-0.25, -0.2) is 4.98 Å². The fraction of sp³-hybridized carbons (Fsp3) is 0.182. The summed E-state index contributed by atoms with van der Waals surface area (Å²) in [6.45, 7) is 3.73. The van der Waals surface area contributed by atoms with Gasteiger partial charge < -0.3 is 4.52 Å². The molecule has 0 radical (unpaired) electrons. The highest BCUT2D eigenvalue weighted by molar-refractivity contribution is 7.99. The van der Waals surface area contributed by atoms with E-state index >= 15 is 0 Å². The topological polar surface area (TPSA) is 90.0 Å². The van der Waals surface area contributed by atoms with E-state index in [-0.39, 0.29) is 23.3 Å². The Morgan fingerprint density at radius 3 is 2.63 bits per heavy atom. The standard InChI is InChI=1S/C22H20N4O3S/c1-14-12-20(29-25-14)24-19(27)13-30-22-23-18-11-7-6-10-17(18)21(28)26(22)15(2)16-8-4-3-5-9-16/h3-12,15H,13H2,1-2H3,(H,24,27). The number of aryl methyl sites for hydroxylation is 1. The third-order valence-corrected chi connectivity index (χ3v) is 5.62. The number of fused-ring (bicyclic) bond motifs is 1. The van der Waals surface area contributed by atoms with Gasteiger partial charge in [0.15, 0.2) is 5.16 Å². The quantitative estimate of drug-likeness (QED) is 0.374. The summed E-state index contributed by atoms with van der Waals surface area (Å²) in [5, 5.41) is 7.44. The molecule has 0 saturated carbocycles. The maximum atomic E-state index is 13.3. The van der Waals surface area contributed by atoms with Crippen molar-refractivity contribution in [2.75, 3.05) is 11.1 Å². The predicted molar refractivity (Wildman–Crippen MR) is 117 cm³/mol. The minimum Gasteiger partial charge on any atom is -0.338 e. The molecule has 4 rings (SSSR count). The second-order valence-electron chi connectivity index (χ2n) is 6.84. The third kappa shape index (κ3) is 4.13. The van der Waals surface area contributed by atoms with Gasteiger partial charge in [-0.1, -0.05) is 59.4 Å². The Labute approximate surface area is 177 Å². The Morgan fingerprint density at radius 2 is 1.90 bits per heavy atom. The van der Waals surface area contributed by atoms with Gasteiger partial charge in [0.25, 0.3) is 5.56 Å². The van der Waals surface area contributed by atoms with Gasteiger partial charge in [-0.2, -0.15) is 0 Å². The fourth-order valence-electron chi connectivity index (χ4n) is 3.18. The number of carbonyl (C=O) groups is 1. The number of nitrogens with one attached hydrogen (secondary N) is 1. The molecule has 1 atom stereocenters. The van der Waals surface area contributed by atoms with Crippen LogP contribution in [0.3, 0.4) is 0 Å². The summed E-state index contributed by atoms with van der Waals surface area (Å²) < 4.78 is 6.67. The van der Waals surface area contributed by atoms with E-state index in [0.717, 1.165) is 5.56 Å². The van der Waals surface area contributed by atoms with E-state index in [0.29, 0.717) is 27.6 Å². The number of thioether (sulfide) groups is 1. The number of nitrogens with zero attached hydrogens (tertiary/aromatic N) is 3. The monoisotopic (exact) mass is 420 g/mol. The van der Waals surface area contributed by atoms with Gasteiger partial charge >= 0.3 is 0 Å². The molecule has 1 unspecified atom stereocenters. The van der Waals surface area contributed by atoms with Crippen molar-refractivity contribution < 1.29 is 9.32 Å². The largest absolute Gasteiger partial charge is 0.338 e. The molecular formula is C22H20N4O3S. The van der Waals surface area contributed by atoms with Crippen LogP contribution in [0.4, 0.5) is 5.88 Å². The van der Waals surface area contributed by atoms with Gasteiger partial charge in [0.1, 0.15) is 0 Å². The van der Waals surface area contributed by atoms with E-state index in [9.17, 15) is 9.59 Å². The minimum absolute atomic E-state index is 0.0754. The first-order valence-corrected chi connectivity index (χ1v) is 10.4. The zero-order chi connectivity index (χ0) is 21.1. The molecule has 1 amide bonds. The van der Waals surface area contributed by atoms with Crippen LogP contribution in [0.1, 0.15) is 24.2 Å². The van der Waals surface area contributed by atoms with Crippen LogP contribution in [0.15, 0.2) is 75.1 Å². The van der Waals surface area contributed by atoms with Crippen LogP contribution in [0.2, 0.25) is 0 Å². The van der Waals surface area contributed by atoms with Crippen LogP contribution in [0, 0.1) is 6.92 Å². The highest BCUT2D eigenvalue weighted by Gasteiger charge is 2.19. The first-order valence-electron chi connectivity index (χ1n) is 9.45. The van der Waals surface area contributed by atoms with Crippen molar-refractivity contribution in [1.29, 1.82) is 0 Å². The second kappa shape index (κ2) is 8.54. The van der Waals surface area contributed by atoms with Gasteiger partial charge in [-0.3, -0.25) is 19.5 Å². The second-order valence-corrected chi connectivity index (χ2v) is 7.79. The number of rotatable bonds is 6. The van der Waals surface area contributed by atoms with E-state index in [1.54, 1.807) is 29.7 Å². The van der Waals surface area contributed by atoms with Crippen LogP contribution in [0.5, 0.6) is 0 Å². The van der Waals surface area contributed by atoms with E-state index < -0.39 is 0 Å².